The van der Waals surface area contributed by atoms with E-state index in [1.165, 1.54) is 5.56 Å². The molecule has 0 radical (unpaired) electrons. The van der Waals surface area contributed by atoms with Crippen LogP contribution in [0.25, 0.3) is 0 Å². The molecule has 3 rings (SSSR count). The lowest BCUT2D eigenvalue weighted by atomic mass is 9.96. The molecule has 2 N–H and O–H groups in total. The van der Waals surface area contributed by atoms with Crippen LogP contribution in [-0.2, 0) is 5.41 Å². The summed E-state index contributed by atoms with van der Waals surface area (Å²) in [6.07, 6.45) is 2.10. The Labute approximate surface area is 112 Å². The van der Waals surface area contributed by atoms with Gasteiger partial charge in [0.15, 0.2) is 0 Å². The predicted molar refractivity (Wildman–Crippen MR) is 74.1 cm³/mol. The van der Waals surface area contributed by atoms with Crippen molar-refractivity contribution in [3.8, 4) is 0 Å². The summed E-state index contributed by atoms with van der Waals surface area (Å²) in [4.78, 5) is 6.50. The standard InChI is InChI=1S/C14H18N4O/c1-3-18(2)13-16-12(19-17-13)14(8-9-14)10-4-6-11(15)7-5-10/h4-7H,3,8-9,15H2,1-2H3. The zero-order chi connectivity index (χ0) is 13.5. The van der Waals surface area contributed by atoms with E-state index in [0.29, 0.717) is 11.8 Å². The summed E-state index contributed by atoms with van der Waals surface area (Å²) >= 11 is 0. The molecule has 0 bridgehead atoms. The predicted octanol–water partition coefficient (Wildman–Crippen LogP) is 2.19. The van der Waals surface area contributed by atoms with Gasteiger partial charge in [0, 0.05) is 19.3 Å². The van der Waals surface area contributed by atoms with E-state index in [9.17, 15) is 0 Å². The van der Waals surface area contributed by atoms with Crippen molar-refractivity contribution in [1.82, 2.24) is 10.1 Å². The molecule has 1 heterocycles. The second-order valence-electron chi connectivity index (χ2n) is 5.12. The fraction of sp³-hybridized carbons (Fsp3) is 0.429. The minimum absolute atomic E-state index is 0.0898. The van der Waals surface area contributed by atoms with E-state index in [1.54, 1.807) is 0 Å². The lowest BCUT2D eigenvalue weighted by Crippen LogP contribution is -2.17. The number of hydrogen-bond donors (Lipinski definition) is 1. The Bertz CT molecular complexity index is 571. The van der Waals surface area contributed by atoms with Gasteiger partial charge in [-0.1, -0.05) is 12.1 Å². The van der Waals surface area contributed by atoms with Crippen LogP contribution in [0, 0.1) is 0 Å². The van der Waals surface area contributed by atoms with Crippen LogP contribution in [0.15, 0.2) is 28.8 Å². The first-order chi connectivity index (χ1) is 9.15. The summed E-state index contributed by atoms with van der Waals surface area (Å²) in [5, 5.41) is 4.05. The summed E-state index contributed by atoms with van der Waals surface area (Å²) < 4.78 is 5.47. The highest BCUT2D eigenvalue weighted by molar-refractivity contribution is 5.46. The Morgan fingerprint density at radius 2 is 2.00 bits per heavy atom. The van der Waals surface area contributed by atoms with Crippen molar-refractivity contribution in [2.75, 3.05) is 24.2 Å². The van der Waals surface area contributed by atoms with Crippen LogP contribution in [-0.4, -0.2) is 23.7 Å². The van der Waals surface area contributed by atoms with Crippen LogP contribution in [0.4, 0.5) is 11.6 Å². The number of rotatable bonds is 4. The van der Waals surface area contributed by atoms with Gasteiger partial charge < -0.3 is 15.2 Å². The Kier molecular flexibility index (Phi) is 2.69. The van der Waals surface area contributed by atoms with Crippen molar-refractivity contribution >= 4 is 11.6 Å². The molecular formula is C14H18N4O. The summed E-state index contributed by atoms with van der Waals surface area (Å²) in [6, 6.07) is 7.95. The van der Waals surface area contributed by atoms with Gasteiger partial charge in [-0.25, -0.2) is 0 Å². The van der Waals surface area contributed by atoms with Crippen molar-refractivity contribution in [2.45, 2.75) is 25.2 Å². The second kappa shape index (κ2) is 4.26. The highest BCUT2D eigenvalue weighted by Crippen LogP contribution is 2.53. The van der Waals surface area contributed by atoms with Crippen LogP contribution < -0.4 is 10.6 Å². The Balaban J connectivity index is 1.92. The van der Waals surface area contributed by atoms with Gasteiger partial charge in [0.1, 0.15) is 0 Å². The fourth-order valence-electron chi connectivity index (χ4n) is 2.26. The number of aromatic nitrogens is 2. The SMILES string of the molecule is CCN(C)c1noc(C2(c3ccc(N)cc3)CC2)n1. The summed E-state index contributed by atoms with van der Waals surface area (Å²) in [6.45, 7) is 2.91. The molecule has 1 aromatic heterocycles. The summed E-state index contributed by atoms with van der Waals surface area (Å²) in [5.74, 6) is 1.37. The molecule has 1 aliphatic carbocycles. The maximum Gasteiger partial charge on any atom is 0.265 e. The van der Waals surface area contributed by atoms with E-state index in [0.717, 1.165) is 25.1 Å². The number of nitrogens with two attached hydrogens (primary N) is 1. The Morgan fingerprint density at radius 3 is 2.58 bits per heavy atom. The van der Waals surface area contributed by atoms with E-state index in [2.05, 4.69) is 29.2 Å². The lowest BCUT2D eigenvalue weighted by molar-refractivity contribution is 0.359. The van der Waals surface area contributed by atoms with Crippen LogP contribution in [0.2, 0.25) is 0 Å². The third kappa shape index (κ3) is 1.95. The van der Waals surface area contributed by atoms with Crippen molar-refractivity contribution in [2.24, 2.45) is 0 Å². The molecule has 100 valence electrons. The third-order valence-electron chi connectivity index (χ3n) is 3.85. The van der Waals surface area contributed by atoms with Gasteiger partial charge in [-0.15, -0.1) is 0 Å². The molecule has 0 unspecified atom stereocenters. The lowest BCUT2D eigenvalue weighted by Gasteiger charge is -2.11. The summed E-state index contributed by atoms with van der Waals surface area (Å²) in [5.41, 5.74) is 7.62. The van der Waals surface area contributed by atoms with E-state index < -0.39 is 0 Å². The van der Waals surface area contributed by atoms with Crippen molar-refractivity contribution in [3.05, 3.63) is 35.7 Å². The van der Waals surface area contributed by atoms with E-state index in [1.807, 2.05) is 24.1 Å². The molecule has 1 fully saturated rings. The minimum atomic E-state index is -0.0898. The maximum atomic E-state index is 5.73. The topological polar surface area (TPSA) is 68.2 Å². The third-order valence-corrected chi connectivity index (χ3v) is 3.85. The van der Waals surface area contributed by atoms with Crippen molar-refractivity contribution in [1.29, 1.82) is 0 Å². The molecule has 0 aliphatic heterocycles. The number of nitrogens with zero attached hydrogens (tertiary/aromatic N) is 3. The van der Waals surface area contributed by atoms with Gasteiger partial charge in [0.25, 0.3) is 5.95 Å². The Morgan fingerprint density at radius 1 is 1.32 bits per heavy atom. The average Bonchev–Trinajstić information content (AvgIpc) is 3.09. The van der Waals surface area contributed by atoms with Gasteiger partial charge in [0.2, 0.25) is 5.89 Å². The smallest absolute Gasteiger partial charge is 0.265 e. The normalized spacial score (nSPS) is 16.3. The van der Waals surface area contributed by atoms with Crippen LogP contribution in [0.3, 0.4) is 0 Å². The maximum absolute atomic E-state index is 5.73. The monoisotopic (exact) mass is 258 g/mol. The largest absolute Gasteiger partial charge is 0.399 e. The molecule has 1 aromatic carbocycles. The molecule has 0 atom stereocenters. The quantitative estimate of drug-likeness (QED) is 0.851. The molecular weight excluding hydrogens is 240 g/mol. The van der Waals surface area contributed by atoms with E-state index in [-0.39, 0.29) is 5.41 Å². The van der Waals surface area contributed by atoms with Crippen LogP contribution in [0.5, 0.6) is 0 Å². The molecule has 5 heteroatoms. The Hall–Kier alpha value is -2.04. The average molecular weight is 258 g/mol. The van der Waals surface area contributed by atoms with Gasteiger partial charge in [-0.2, -0.15) is 4.98 Å². The molecule has 19 heavy (non-hydrogen) atoms. The molecule has 0 saturated heterocycles. The number of hydrogen-bond acceptors (Lipinski definition) is 5. The van der Waals surface area contributed by atoms with Gasteiger partial charge in [0.05, 0.1) is 5.41 Å². The molecule has 2 aromatic rings. The molecule has 5 nitrogen and oxygen atoms in total. The molecule has 0 spiro atoms. The van der Waals surface area contributed by atoms with Crippen molar-refractivity contribution in [3.63, 3.8) is 0 Å². The number of benzene rings is 1. The van der Waals surface area contributed by atoms with Crippen LogP contribution >= 0.6 is 0 Å². The van der Waals surface area contributed by atoms with Gasteiger partial charge in [-0.05, 0) is 42.6 Å². The first kappa shape index (κ1) is 12.0. The first-order valence-corrected chi connectivity index (χ1v) is 6.57. The zero-order valence-corrected chi connectivity index (χ0v) is 11.3. The number of anilines is 2. The second-order valence-corrected chi connectivity index (χ2v) is 5.12. The highest BCUT2D eigenvalue weighted by atomic mass is 16.5. The molecule has 1 aliphatic rings. The van der Waals surface area contributed by atoms with Crippen LogP contribution in [0.1, 0.15) is 31.2 Å². The van der Waals surface area contributed by atoms with Gasteiger partial charge in [-0.3, -0.25) is 0 Å². The highest BCUT2D eigenvalue weighted by Gasteiger charge is 2.51. The fourth-order valence-corrected chi connectivity index (χ4v) is 2.26. The van der Waals surface area contributed by atoms with E-state index >= 15 is 0 Å². The molecule has 0 amide bonds. The minimum Gasteiger partial charge on any atom is -0.399 e. The molecule has 1 saturated carbocycles. The zero-order valence-electron chi connectivity index (χ0n) is 11.3. The van der Waals surface area contributed by atoms with Gasteiger partial charge >= 0.3 is 0 Å². The van der Waals surface area contributed by atoms with E-state index in [4.69, 9.17) is 10.3 Å². The van der Waals surface area contributed by atoms with Crippen molar-refractivity contribution < 1.29 is 4.52 Å². The summed E-state index contributed by atoms with van der Waals surface area (Å²) in [7, 11) is 1.96. The first-order valence-electron chi connectivity index (χ1n) is 6.57. The number of nitrogen functional groups attached to an aromatic ring is 1.